The average molecular weight is 396 g/mol. The number of carboxylic acids is 2. The van der Waals surface area contributed by atoms with Crippen molar-refractivity contribution >= 4 is 34.5 Å². The van der Waals surface area contributed by atoms with Crippen molar-refractivity contribution in [2.45, 2.75) is 12.9 Å². The second-order valence-electron chi connectivity index (χ2n) is 2.57. The molecule has 0 aliphatic heterocycles. The summed E-state index contributed by atoms with van der Waals surface area (Å²) >= 11 is 2.28. The summed E-state index contributed by atoms with van der Waals surface area (Å²) in [5.74, 6) is -4.15. The van der Waals surface area contributed by atoms with E-state index >= 15 is 0 Å². The zero-order chi connectivity index (χ0) is 15.4. The highest BCUT2D eigenvalue weighted by molar-refractivity contribution is 14.1. The minimum atomic E-state index is -3.23. The number of carboxylic acid groups (broad SMARTS) is 2. The van der Waals surface area contributed by atoms with E-state index < -0.39 is 24.8 Å². The van der Waals surface area contributed by atoms with Gasteiger partial charge in [-0.05, 0) is 34.7 Å². The fourth-order valence-electron chi connectivity index (χ4n) is 0.415. The summed E-state index contributed by atoms with van der Waals surface area (Å²) in [5, 5.41) is 14.5. The Labute approximate surface area is 119 Å². The number of halogens is 5. The van der Waals surface area contributed by atoms with Gasteiger partial charge in [-0.2, -0.15) is 17.6 Å². The Kier molecular flexibility index (Phi) is 12.3. The smallest absolute Gasteiger partial charge is 0.371 e. The van der Waals surface area contributed by atoms with Crippen molar-refractivity contribution in [3.63, 3.8) is 0 Å². The van der Waals surface area contributed by atoms with Crippen molar-refractivity contribution in [1.29, 1.82) is 0 Å². The summed E-state index contributed by atoms with van der Waals surface area (Å²) in [6, 6.07) is 10.2. The molecule has 1 rings (SSSR count). The molecule has 0 unspecified atom stereocenters. The van der Waals surface area contributed by atoms with Crippen molar-refractivity contribution in [1.82, 2.24) is 0 Å². The molecular weight excluding hydrogens is 387 g/mol. The molecule has 0 saturated heterocycles. The van der Waals surface area contributed by atoms with Crippen LogP contribution in [0.5, 0.6) is 0 Å². The molecule has 108 valence electrons. The zero-order valence-corrected chi connectivity index (χ0v) is 11.3. The quantitative estimate of drug-likeness (QED) is 0.596. The molecule has 0 bridgehead atoms. The number of benzene rings is 1. The Morgan fingerprint density at radius 1 is 0.895 bits per heavy atom. The number of alkyl halides is 4. The fourth-order valence-corrected chi connectivity index (χ4v) is 0.830. The monoisotopic (exact) mass is 396 g/mol. The van der Waals surface area contributed by atoms with Crippen molar-refractivity contribution < 1.29 is 37.4 Å². The molecule has 0 spiro atoms. The summed E-state index contributed by atoms with van der Waals surface area (Å²) in [7, 11) is 0. The summed E-state index contributed by atoms with van der Waals surface area (Å²) in [6.45, 7) is 0. The van der Waals surface area contributed by atoms with E-state index in [1.54, 1.807) is 0 Å². The van der Waals surface area contributed by atoms with Crippen LogP contribution in [0.15, 0.2) is 30.3 Å². The predicted molar refractivity (Wildman–Crippen MR) is 66.4 cm³/mol. The van der Waals surface area contributed by atoms with E-state index in [-0.39, 0.29) is 0 Å². The van der Waals surface area contributed by atoms with E-state index in [1.807, 2.05) is 18.2 Å². The average Bonchev–Trinajstić information content (AvgIpc) is 2.31. The Morgan fingerprint density at radius 3 is 1.26 bits per heavy atom. The SMILES string of the molecule is Ic1ccccc1.O=C(O)C(F)F.O=C(O)C(F)F. The molecule has 1 aromatic rings. The Bertz CT molecular complexity index is 355. The van der Waals surface area contributed by atoms with Crippen LogP contribution < -0.4 is 0 Å². The third-order valence-electron chi connectivity index (χ3n) is 1.11. The minimum absolute atomic E-state index is 1.29. The molecule has 0 atom stereocenters. The third-order valence-corrected chi connectivity index (χ3v) is 1.83. The molecule has 0 heterocycles. The molecule has 0 saturated carbocycles. The molecule has 0 aromatic heterocycles. The molecule has 19 heavy (non-hydrogen) atoms. The molecule has 0 radical (unpaired) electrons. The lowest BCUT2D eigenvalue weighted by molar-refractivity contribution is -0.150. The van der Waals surface area contributed by atoms with E-state index in [0.29, 0.717) is 0 Å². The van der Waals surface area contributed by atoms with Gasteiger partial charge in [-0.25, -0.2) is 9.59 Å². The maximum absolute atomic E-state index is 10.6. The van der Waals surface area contributed by atoms with E-state index in [2.05, 4.69) is 34.7 Å². The van der Waals surface area contributed by atoms with Crippen molar-refractivity contribution in [3.8, 4) is 0 Å². The van der Waals surface area contributed by atoms with Gasteiger partial charge in [0.25, 0.3) is 0 Å². The summed E-state index contributed by atoms with van der Waals surface area (Å²) in [5.41, 5.74) is 0. The molecule has 0 aliphatic rings. The largest absolute Gasteiger partial charge is 0.477 e. The van der Waals surface area contributed by atoms with Crippen LogP contribution in [0.25, 0.3) is 0 Å². The molecule has 1 aromatic carbocycles. The van der Waals surface area contributed by atoms with Crippen LogP contribution in [0, 0.1) is 3.57 Å². The predicted octanol–water partition coefficient (Wildman–Crippen LogP) is 2.96. The third kappa shape index (κ3) is 16.6. The van der Waals surface area contributed by atoms with E-state index in [4.69, 9.17) is 19.8 Å². The van der Waals surface area contributed by atoms with Gasteiger partial charge in [-0.1, -0.05) is 18.2 Å². The highest BCUT2D eigenvalue weighted by atomic mass is 127. The van der Waals surface area contributed by atoms with Crippen molar-refractivity contribution in [2.75, 3.05) is 0 Å². The van der Waals surface area contributed by atoms with Gasteiger partial charge in [0.1, 0.15) is 0 Å². The highest BCUT2D eigenvalue weighted by Gasteiger charge is 2.10. The number of rotatable bonds is 2. The van der Waals surface area contributed by atoms with Crippen molar-refractivity contribution in [3.05, 3.63) is 33.9 Å². The Morgan fingerprint density at radius 2 is 1.16 bits per heavy atom. The zero-order valence-electron chi connectivity index (χ0n) is 9.14. The molecule has 0 amide bonds. The summed E-state index contributed by atoms with van der Waals surface area (Å²) in [4.78, 5) is 17.9. The lowest BCUT2D eigenvalue weighted by Crippen LogP contribution is -2.06. The molecule has 9 heteroatoms. The van der Waals surface area contributed by atoms with Crippen LogP contribution in [0.4, 0.5) is 17.6 Å². The maximum Gasteiger partial charge on any atom is 0.371 e. The fraction of sp³-hybridized carbons (Fsp3) is 0.200. The van der Waals surface area contributed by atoms with Gasteiger partial charge < -0.3 is 10.2 Å². The first-order valence-electron chi connectivity index (χ1n) is 4.41. The van der Waals surface area contributed by atoms with Gasteiger partial charge in [0.2, 0.25) is 0 Å². The molecule has 4 nitrogen and oxygen atoms in total. The summed E-state index contributed by atoms with van der Waals surface area (Å²) in [6.07, 6.45) is -6.46. The van der Waals surface area contributed by atoms with Gasteiger partial charge in [-0.3, -0.25) is 0 Å². The maximum atomic E-state index is 10.6. The van der Waals surface area contributed by atoms with E-state index in [9.17, 15) is 17.6 Å². The Hall–Kier alpha value is -1.39. The van der Waals surface area contributed by atoms with Gasteiger partial charge in [-0.15, -0.1) is 0 Å². The van der Waals surface area contributed by atoms with Crippen LogP contribution in [0.3, 0.4) is 0 Å². The van der Waals surface area contributed by atoms with E-state index in [0.717, 1.165) is 0 Å². The summed E-state index contributed by atoms with van der Waals surface area (Å²) < 4.78 is 43.5. The molecule has 0 aliphatic carbocycles. The molecular formula is C10H9F4IO4. The van der Waals surface area contributed by atoms with Gasteiger partial charge >= 0.3 is 24.8 Å². The van der Waals surface area contributed by atoms with Gasteiger partial charge in [0.05, 0.1) is 0 Å². The first-order chi connectivity index (χ1) is 8.68. The standard InChI is InChI=1S/C6H5I.2C2H2F2O2/c7-6-4-2-1-3-5-6;2*3-1(4)2(5)6/h1-5H;2*1H,(H,5,6). The number of hydrogen-bond acceptors (Lipinski definition) is 2. The van der Waals surface area contributed by atoms with Crippen LogP contribution >= 0.6 is 22.6 Å². The van der Waals surface area contributed by atoms with Gasteiger partial charge in [0.15, 0.2) is 0 Å². The first-order valence-corrected chi connectivity index (χ1v) is 5.48. The lowest BCUT2D eigenvalue weighted by atomic mass is 10.4. The second kappa shape index (κ2) is 11.7. The minimum Gasteiger partial charge on any atom is -0.477 e. The molecule has 2 N–H and O–H groups in total. The van der Waals surface area contributed by atoms with Crippen LogP contribution in [-0.2, 0) is 9.59 Å². The van der Waals surface area contributed by atoms with E-state index in [1.165, 1.54) is 3.57 Å². The normalized spacial score (nSPS) is 9.00. The van der Waals surface area contributed by atoms with Crippen LogP contribution in [0.2, 0.25) is 0 Å². The molecule has 0 fully saturated rings. The number of carbonyl (C=O) groups is 2. The lowest BCUT2D eigenvalue weighted by Gasteiger charge is -1.81. The number of aliphatic carboxylic acids is 2. The van der Waals surface area contributed by atoms with Gasteiger partial charge in [0, 0.05) is 3.57 Å². The Balaban J connectivity index is 0. The highest BCUT2D eigenvalue weighted by Crippen LogP contribution is 1.99. The van der Waals surface area contributed by atoms with Crippen molar-refractivity contribution in [2.24, 2.45) is 0 Å². The topological polar surface area (TPSA) is 74.6 Å². The second-order valence-corrected chi connectivity index (χ2v) is 3.82. The number of hydrogen-bond donors (Lipinski definition) is 2. The van der Waals surface area contributed by atoms with Crippen LogP contribution in [-0.4, -0.2) is 35.0 Å². The first kappa shape index (κ1) is 19.9. The van der Waals surface area contributed by atoms with Crippen LogP contribution in [0.1, 0.15) is 0 Å².